The Labute approximate surface area is 88.7 Å². The van der Waals surface area contributed by atoms with Crippen molar-refractivity contribution < 1.29 is 0 Å². The molecule has 0 aromatic heterocycles. The molecule has 0 heterocycles. The van der Waals surface area contributed by atoms with E-state index in [1.807, 2.05) is 0 Å². The van der Waals surface area contributed by atoms with E-state index in [1.165, 1.54) is 38.5 Å². The van der Waals surface area contributed by atoms with Crippen LogP contribution in [0.5, 0.6) is 0 Å². The minimum absolute atomic E-state index is 0.594. The molecule has 0 radical (unpaired) electrons. The molecule has 0 spiro atoms. The Balaban J connectivity index is 1.75. The molecule has 2 aliphatic carbocycles. The van der Waals surface area contributed by atoms with Crippen LogP contribution in [0.2, 0.25) is 0 Å². The highest BCUT2D eigenvalue weighted by Crippen LogP contribution is 2.38. The van der Waals surface area contributed by atoms with Crippen LogP contribution in [0, 0.1) is 11.3 Å². The average Bonchev–Trinajstić information content (AvgIpc) is 2.25. The van der Waals surface area contributed by atoms with Gasteiger partial charge in [-0.1, -0.05) is 20.3 Å². The third-order valence-electron chi connectivity index (χ3n) is 4.32. The summed E-state index contributed by atoms with van der Waals surface area (Å²) in [6, 6.07) is 1.57. The van der Waals surface area contributed by atoms with Crippen LogP contribution in [0.15, 0.2) is 0 Å². The first-order chi connectivity index (χ1) is 6.57. The predicted octanol–water partition coefficient (Wildman–Crippen LogP) is 3.34. The van der Waals surface area contributed by atoms with Crippen LogP contribution in [0.1, 0.15) is 59.3 Å². The molecule has 0 saturated heterocycles. The molecule has 2 atom stereocenters. The van der Waals surface area contributed by atoms with Crippen molar-refractivity contribution in [2.75, 3.05) is 0 Å². The van der Waals surface area contributed by atoms with Gasteiger partial charge in [-0.3, -0.25) is 0 Å². The minimum Gasteiger partial charge on any atom is -0.311 e. The fourth-order valence-corrected chi connectivity index (χ4v) is 3.03. The molecule has 0 amide bonds. The largest absolute Gasteiger partial charge is 0.311 e. The van der Waals surface area contributed by atoms with Crippen molar-refractivity contribution >= 4 is 0 Å². The van der Waals surface area contributed by atoms with Gasteiger partial charge in [0.15, 0.2) is 0 Å². The molecule has 1 nitrogen and oxygen atoms in total. The van der Waals surface area contributed by atoms with Gasteiger partial charge < -0.3 is 5.32 Å². The maximum Gasteiger partial charge on any atom is 0.00749 e. The summed E-state index contributed by atoms with van der Waals surface area (Å²) >= 11 is 0. The zero-order valence-electron chi connectivity index (χ0n) is 9.97. The van der Waals surface area contributed by atoms with Crippen molar-refractivity contribution in [3.8, 4) is 0 Å². The van der Waals surface area contributed by atoms with Crippen LogP contribution in [0.25, 0.3) is 0 Å². The molecule has 1 unspecified atom stereocenters. The maximum atomic E-state index is 3.84. The molecule has 0 aromatic rings. The molecule has 1 N–H and O–H groups in total. The standard InChI is InChI=1S/C13H25N/c1-10(11-5-4-6-11)14-12-7-8-13(2,3)9-12/h10-12,14H,4-9H2,1-3H3/t10-,12?/m1/s1. The zero-order chi connectivity index (χ0) is 10.2. The first-order valence-electron chi connectivity index (χ1n) is 6.33. The Kier molecular flexibility index (Phi) is 2.88. The number of hydrogen-bond acceptors (Lipinski definition) is 1. The number of hydrogen-bond donors (Lipinski definition) is 1. The Bertz CT molecular complexity index is 193. The summed E-state index contributed by atoms with van der Waals surface area (Å²) in [7, 11) is 0. The molecule has 2 fully saturated rings. The SMILES string of the molecule is C[C@@H](NC1CCC(C)(C)C1)C1CCC1. The van der Waals surface area contributed by atoms with Gasteiger partial charge in [-0.15, -0.1) is 0 Å². The Morgan fingerprint density at radius 2 is 1.93 bits per heavy atom. The molecular weight excluding hydrogens is 170 g/mol. The monoisotopic (exact) mass is 195 g/mol. The highest BCUT2D eigenvalue weighted by Gasteiger charge is 2.33. The van der Waals surface area contributed by atoms with Crippen molar-refractivity contribution in [1.82, 2.24) is 5.32 Å². The van der Waals surface area contributed by atoms with Gasteiger partial charge in [0.1, 0.15) is 0 Å². The molecule has 0 aromatic carbocycles. The van der Waals surface area contributed by atoms with E-state index in [0.29, 0.717) is 5.41 Å². The van der Waals surface area contributed by atoms with E-state index in [-0.39, 0.29) is 0 Å². The molecule has 0 bridgehead atoms. The highest BCUT2D eigenvalue weighted by atomic mass is 15.0. The maximum absolute atomic E-state index is 3.84. The smallest absolute Gasteiger partial charge is 0.00749 e. The van der Waals surface area contributed by atoms with Gasteiger partial charge in [0.25, 0.3) is 0 Å². The minimum atomic E-state index is 0.594. The van der Waals surface area contributed by atoms with E-state index in [0.717, 1.165) is 18.0 Å². The average molecular weight is 195 g/mol. The number of rotatable bonds is 3. The summed E-state index contributed by atoms with van der Waals surface area (Å²) in [5.74, 6) is 0.985. The first kappa shape index (κ1) is 10.5. The second-order valence-corrected chi connectivity index (χ2v) is 6.25. The Morgan fingerprint density at radius 1 is 1.21 bits per heavy atom. The lowest BCUT2D eigenvalue weighted by atomic mass is 9.80. The summed E-state index contributed by atoms with van der Waals surface area (Å²) in [6.07, 6.45) is 8.57. The van der Waals surface area contributed by atoms with E-state index in [2.05, 4.69) is 26.1 Å². The third-order valence-corrected chi connectivity index (χ3v) is 4.32. The molecule has 0 aliphatic heterocycles. The molecule has 2 aliphatic rings. The van der Waals surface area contributed by atoms with Gasteiger partial charge in [-0.2, -0.15) is 0 Å². The molecule has 1 heteroatoms. The van der Waals surface area contributed by atoms with Crippen LogP contribution in [0.3, 0.4) is 0 Å². The van der Waals surface area contributed by atoms with E-state index >= 15 is 0 Å². The van der Waals surface area contributed by atoms with Gasteiger partial charge in [0, 0.05) is 12.1 Å². The number of nitrogens with one attached hydrogen (secondary N) is 1. The van der Waals surface area contributed by atoms with E-state index in [1.54, 1.807) is 0 Å². The van der Waals surface area contributed by atoms with Crippen molar-refractivity contribution in [1.29, 1.82) is 0 Å². The van der Waals surface area contributed by atoms with Gasteiger partial charge in [0.05, 0.1) is 0 Å². The van der Waals surface area contributed by atoms with Crippen molar-refractivity contribution in [3.63, 3.8) is 0 Å². The predicted molar refractivity (Wildman–Crippen MR) is 61.4 cm³/mol. The van der Waals surface area contributed by atoms with Gasteiger partial charge in [0.2, 0.25) is 0 Å². The summed E-state index contributed by atoms with van der Waals surface area (Å²) in [5, 5.41) is 3.84. The summed E-state index contributed by atoms with van der Waals surface area (Å²) < 4.78 is 0. The lowest BCUT2D eigenvalue weighted by molar-refractivity contribution is 0.223. The Hall–Kier alpha value is -0.0400. The molecule has 2 saturated carbocycles. The van der Waals surface area contributed by atoms with E-state index in [4.69, 9.17) is 0 Å². The van der Waals surface area contributed by atoms with E-state index in [9.17, 15) is 0 Å². The highest BCUT2D eigenvalue weighted by molar-refractivity contribution is 4.89. The lowest BCUT2D eigenvalue weighted by Gasteiger charge is -2.34. The second-order valence-electron chi connectivity index (χ2n) is 6.25. The fourth-order valence-electron chi connectivity index (χ4n) is 3.03. The molecule has 2 rings (SSSR count). The summed E-state index contributed by atoms with van der Waals surface area (Å²) in [5.41, 5.74) is 0.594. The normalized spacial score (nSPS) is 34.1. The van der Waals surface area contributed by atoms with E-state index < -0.39 is 0 Å². The summed E-state index contributed by atoms with van der Waals surface area (Å²) in [4.78, 5) is 0. The first-order valence-corrected chi connectivity index (χ1v) is 6.33. The zero-order valence-corrected chi connectivity index (χ0v) is 9.97. The third kappa shape index (κ3) is 2.31. The van der Waals surface area contributed by atoms with Crippen LogP contribution in [-0.2, 0) is 0 Å². The van der Waals surface area contributed by atoms with Gasteiger partial charge in [-0.25, -0.2) is 0 Å². The van der Waals surface area contributed by atoms with Crippen LogP contribution >= 0.6 is 0 Å². The van der Waals surface area contributed by atoms with Crippen LogP contribution in [0.4, 0.5) is 0 Å². The van der Waals surface area contributed by atoms with Crippen molar-refractivity contribution in [2.24, 2.45) is 11.3 Å². The van der Waals surface area contributed by atoms with Gasteiger partial charge in [-0.05, 0) is 50.4 Å². The molecule has 82 valence electrons. The van der Waals surface area contributed by atoms with Crippen LogP contribution in [-0.4, -0.2) is 12.1 Å². The van der Waals surface area contributed by atoms with Crippen molar-refractivity contribution in [2.45, 2.75) is 71.4 Å². The van der Waals surface area contributed by atoms with Crippen LogP contribution < -0.4 is 5.32 Å². The Morgan fingerprint density at radius 3 is 2.36 bits per heavy atom. The topological polar surface area (TPSA) is 12.0 Å². The molecular formula is C13H25N. The fraction of sp³-hybridized carbons (Fsp3) is 1.00. The quantitative estimate of drug-likeness (QED) is 0.728. The van der Waals surface area contributed by atoms with Gasteiger partial charge >= 0.3 is 0 Å². The summed E-state index contributed by atoms with van der Waals surface area (Å²) in [6.45, 7) is 7.19. The molecule has 14 heavy (non-hydrogen) atoms. The second kappa shape index (κ2) is 3.84. The van der Waals surface area contributed by atoms with Crippen molar-refractivity contribution in [3.05, 3.63) is 0 Å². The lowest BCUT2D eigenvalue weighted by Crippen LogP contribution is -2.42.